The predicted octanol–water partition coefficient (Wildman–Crippen LogP) is 5.13. The number of hydrogen-bond donors (Lipinski definition) is 2. The normalized spacial score (nSPS) is 11.8. The summed E-state index contributed by atoms with van der Waals surface area (Å²) in [6.45, 7) is 3.92. The Morgan fingerprint density at radius 3 is 2.41 bits per heavy atom. The third-order valence-corrected chi connectivity index (χ3v) is 5.41. The topological polar surface area (TPSA) is 76.0 Å². The van der Waals surface area contributed by atoms with E-state index in [1.54, 1.807) is 24.3 Å². The molecule has 32 heavy (non-hydrogen) atoms. The number of anilines is 1. The van der Waals surface area contributed by atoms with E-state index in [-0.39, 0.29) is 18.4 Å². The molecular weight excluding hydrogens is 424 g/mol. The molecule has 0 aliphatic rings. The number of nitrogens with one attached hydrogen (secondary N) is 2. The standard InChI is InChI=1S/C25H23ClN4O2/c1-16-7-13-20(14-8-16)28-23(31)15-30-22-6-4-3-5-21(22)29-24(30)17(2)27-25(32)18-9-11-19(26)12-10-18/h3-14,17H,15H2,1-2H3,(H,27,32)(H,28,31). The third-order valence-electron chi connectivity index (χ3n) is 5.16. The van der Waals surface area contributed by atoms with Crippen LogP contribution in [0.2, 0.25) is 5.02 Å². The van der Waals surface area contributed by atoms with Crippen molar-refractivity contribution in [1.29, 1.82) is 0 Å². The minimum Gasteiger partial charge on any atom is -0.342 e. The van der Waals surface area contributed by atoms with Gasteiger partial charge in [-0.3, -0.25) is 9.59 Å². The van der Waals surface area contributed by atoms with E-state index >= 15 is 0 Å². The highest BCUT2D eigenvalue weighted by molar-refractivity contribution is 6.30. The first-order valence-corrected chi connectivity index (χ1v) is 10.7. The Morgan fingerprint density at radius 2 is 1.69 bits per heavy atom. The highest BCUT2D eigenvalue weighted by atomic mass is 35.5. The van der Waals surface area contributed by atoms with Crippen LogP contribution in [0.5, 0.6) is 0 Å². The molecule has 4 rings (SSSR count). The van der Waals surface area contributed by atoms with E-state index in [0.29, 0.717) is 16.4 Å². The Labute approximate surface area is 191 Å². The smallest absolute Gasteiger partial charge is 0.251 e. The number of nitrogens with zero attached hydrogens (tertiary/aromatic N) is 2. The zero-order valence-electron chi connectivity index (χ0n) is 17.8. The number of aryl methyl sites for hydroxylation is 1. The van der Waals surface area contributed by atoms with Crippen molar-refractivity contribution in [2.24, 2.45) is 0 Å². The first-order chi connectivity index (χ1) is 15.4. The fourth-order valence-corrected chi connectivity index (χ4v) is 3.64. The summed E-state index contributed by atoms with van der Waals surface area (Å²) in [6.07, 6.45) is 0. The molecule has 162 valence electrons. The number of hydrogen-bond acceptors (Lipinski definition) is 3. The van der Waals surface area contributed by atoms with Crippen molar-refractivity contribution >= 4 is 40.1 Å². The average Bonchev–Trinajstić information content (AvgIpc) is 3.14. The van der Waals surface area contributed by atoms with Crippen LogP contribution in [0.15, 0.2) is 72.8 Å². The van der Waals surface area contributed by atoms with Crippen LogP contribution < -0.4 is 10.6 Å². The Bertz CT molecular complexity index is 1260. The van der Waals surface area contributed by atoms with Crippen molar-refractivity contribution in [2.75, 3.05) is 5.32 Å². The fourth-order valence-electron chi connectivity index (χ4n) is 3.52. The van der Waals surface area contributed by atoms with Gasteiger partial charge in [-0.1, -0.05) is 41.4 Å². The minimum atomic E-state index is -0.419. The van der Waals surface area contributed by atoms with Crippen LogP contribution in [0.4, 0.5) is 5.69 Å². The number of imidazole rings is 1. The summed E-state index contributed by atoms with van der Waals surface area (Å²) in [5, 5.41) is 6.45. The quantitative estimate of drug-likeness (QED) is 0.431. The first-order valence-electron chi connectivity index (χ1n) is 10.3. The van der Waals surface area contributed by atoms with Crippen molar-refractivity contribution in [1.82, 2.24) is 14.9 Å². The number of aromatic nitrogens is 2. The second kappa shape index (κ2) is 9.24. The molecule has 7 heteroatoms. The van der Waals surface area contributed by atoms with E-state index in [1.165, 1.54) is 0 Å². The number of rotatable bonds is 6. The van der Waals surface area contributed by atoms with Crippen LogP contribution in [-0.2, 0) is 11.3 Å². The second-order valence-electron chi connectivity index (χ2n) is 7.66. The van der Waals surface area contributed by atoms with Crippen LogP contribution >= 0.6 is 11.6 Å². The summed E-state index contributed by atoms with van der Waals surface area (Å²) in [5.74, 6) is 0.193. The van der Waals surface area contributed by atoms with Gasteiger partial charge >= 0.3 is 0 Å². The van der Waals surface area contributed by atoms with Gasteiger partial charge in [0.15, 0.2) is 0 Å². The molecule has 0 aliphatic heterocycles. The Balaban J connectivity index is 1.57. The highest BCUT2D eigenvalue weighted by Gasteiger charge is 2.20. The van der Waals surface area contributed by atoms with Crippen LogP contribution in [0.1, 0.15) is 34.7 Å². The summed E-state index contributed by atoms with van der Waals surface area (Å²) in [5.41, 5.74) is 3.94. The molecule has 0 saturated heterocycles. The molecular formula is C25H23ClN4O2. The molecule has 0 bridgehead atoms. The van der Waals surface area contributed by atoms with Crippen molar-refractivity contribution in [3.63, 3.8) is 0 Å². The molecule has 6 nitrogen and oxygen atoms in total. The molecule has 2 N–H and O–H groups in total. The van der Waals surface area contributed by atoms with Gasteiger partial charge < -0.3 is 15.2 Å². The largest absolute Gasteiger partial charge is 0.342 e. The summed E-state index contributed by atoms with van der Waals surface area (Å²) in [7, 11) is 0. The predicted molar refractivity (Wildman–Crippen MR) is 127 cm³/mol. The zero-order valence-corrected chi connectivity index (χ0v) is 18.6. The molecule has 2 amide bonds. The van der Waals surface area contributed by atoms with E-state index in [9.17, 15) is 9.59 Å². The number of carbonyl (C=O) groups excluding carboxylic acids is 2. The second-order valence-corrected chi connectivity index (χ2v) is 8.10. The lowest BCUT2D eigenvalue weighted by Gasteiger charge is -2.16. The number of halogens is 1. The van der Waals surface area contributed by atoms with Crippen LogP contribution in [0, 0.1) is 6.92 Å². The van der Waals surface area contributed by atoms with Gasteiger partial charge in [-0.25, -0.2) is 4.98 Å². The SMILES string of the molecule is Cc1ccc(NC(=O)Cn2c(C(C)NC(=O)c3ccc(Cl)cc3)nc3ccccc32)cc1. The van der Waals surface area contributed by atoms with Crippen molar-refractivity contribution in [3.05, 3.63) is 94.8 Å². The molecule has 1 atom stereocenters. The Morgan fingerprint density at radius 1 is 1.00 bits per heavy atom. The molecule has 0 aliphatic carbocycles. The molecule has 1 unspecified atom stereocenters. The van der Waals surface area contributed by atoms with Crippen LogP contribution in [0.3, 0.4) is 0 Å². The summed E-state index contributed by atoms with van der Waals surface area (Å²) < 4.78 is 1.84. The zero-order chi connectivity index (χ0) is 22.7. The molecule has 3 aromatic carbocycles. The number of amides is 2. The molecule has 0 fully saturated rings. The summed E-state index contributed by atoms with van der Waals surface area (Å²) >= 11 is 5.92. The molecule has 4 aromatic rings. The van der Waals surface area contributed by atoms with Gasteiger partial charge in [0.2, 0.25) is 5.91 Å². The first kappa shape index (κ1) is 21.6. The van der Waals surface area contributed by atoms with Crippen molar-refractivity contribution in [2.45, 2.75) is 26.4 Å². The Kier molecular flexibility index (Phi) is 6.23. The minimum absolute atomic E-state index is 0.0743. The van der Waals surface area contributed by atoms with Crippen molar-refractivity contribution in [3.8, 4) is 0 Å². The number of carbonyl (C=O) groups is 2. The van der Waals surface area contributed by atoms with E-state index in [4.69, 9.17) is 16.6 Å². The van der Waals surface area contributed by atoms with Gasteiger partial charge in [0.25, 0.3) is 5.91 Å². The maximum absolute atomic E-state index is 12.8. The lowest BCUT2D eigenvalue weighted by molar-refractivity contribution is -0.116. The lowest BCUT2D eigenvalue weighted by Crippen LogP contribution is -2.30. The number of fused-ring (bicyclic) bond motifs is 1. The molecule has 0 saturated carbocycles. The number of para-hydroxylation sites is 2. The summed E-state index contributed by atoms with van der Waals surface area (Å²) in [6, 6.07) is 21.5. The lowest BCUT2D eigenvalue weighted by atomic mass is 10.2. The van der Waals surface area contributed by atoms with E-state index < -0.39 is 6.04 Å². The monoisotopic (exact) mass is 446 g/mol. The highest BCUT2D eigenvalue weighted by Crippen LogP contribution is 2.22. The number of benzene rings is 3. The molecule has 0 spiro atoms. The molecule has 0 radical (unpaired) electrons. The van der Waals surface area contributed by atoms with E-state index in [2.05, 4.69) is 10.6 Å². The molecule has 1 heterocycles. The van der Waals surface area contributed by atoms with Gasteiger partial charge in [0.05, 0.1) is 17.1 Å². The van der Waals surface area contributed by atoms with Gasteiger partial charge in [-0.05, 0) is 62.4 Å². The van der Waals surface area contributed by atoms with Gasteiger partial charge in [0, 0.05) is 16.3 Å². The Hall–Kier alpha value is -3.64. The molecule has 1 aromatic heterocycles. The maximum atomic E-state index is 12.8. The van der Waals surface area contributed by atoms with E-state index in [1.807, 2.05) is 66.9 Å². The van der Waals surface area contributed by atoms with Crippen molar-refractivity contribution < 1.29 is 9.59 Å². The average molecular weight is 447 g/mol. The van der Waals surface area contributed by atoms with Crippen LogP contribution in [-0.4, -0.2) is 21.4 Å². The van der Waals surface area contributed by atoms with Gasteiger partial charge in [0.1, 0.15) is 12.4 Å². The van der Waals surface area contributed by atoms with E-state index in [0.717, 1.165) is 22.3 Å². The van der Waals surface area contributed by atoms with Gasteiger partial charge in [-0.2, -0.15) is 0 Å². The third kappa shape index (κ3) is 4.81. The maximum Gasteiger partial charge on any atom is 0.251 e. The fraction of sp³-hybridized carbons (Fsp3) is 0.160. The summed E-state index contributed by atoms with van der Waals surface area (Å²) in [4.78, 5) is 30.2. The van der Waals surface area contributed by atoms with Crippen LogP contribution in [0.25, 0.3) is 11.0 Å². The van der Waals surface area contributed by atoms with Gasteiger partial charge in [-0.15, -0.1) is 0 Å².